The quantitative estimate of drug-likeness (QED) is 0.792. The van der Waals surface area contributed by atoms with Crippen molar-refractivity contribution in [3.63, 3.8) is 0 Å². The molecule has 1 aliphatic carbocycles. The summed E-state index contributed by atoms with van der Waals surface area (Å²) in [6.45, 7) is 2.23. The van der Waals surface area contributed by atoms with Crippen LogP contribution in [0, 0.1) is 21.9 Å². The molecule has 84 valence electrons. The molecule has 1 heterocycles. The molecule has 2 rings (SSSR count). The van der Waals surface area contributed by atoms with Gasteiger partial charge in [-0.25, -0.2) is 0 Å². The minimum absolute atomic E-state index is 0.593. The van der Waals surface area contributed by atoms with Gasteiger partial charge in [0.05, 0.1) is 5.56 Å². The van der Waals surface area contributed by atoms with Crippen molar-refractivity contribution in [2.24, 2.45) is 5.92 Å². The van der Waals surface area contributed by atoms with E-state index in [2.05, 4.69) is 18.0 Å². The number of H-pyrrole nitrogens is 1. The Labute approximate surface area is 101 Å². The van der Waals surface area contributed by atoms with Gasteiger partial charge in [0.2, 0.25) is 0 Å². The molecule has 1 atom stereocenters. The fourth-order valence-electron chi connectivity index (χ4n) is 2.52. The maximum atomic E-state index is 8.95. The zero-order valence-electron chi connectivity index (χ0n) is 9.55. The molecule has 1 aliphatic rings. The number of fused-ring (bicyclic) bond motifs is 1. The van der Waals surface area contributed by atoms with Crippen LogP contribution in [-0.2, 0) is 12.8 Å². The van der Waals surface area contributed by atoms with Crippen LogP contribution in [0.15, 0.2) is 6.07 Å². The molecule has 0 amide bonds. The van der Waals surface area contributed by atoms with Crippen LogP contribution in [0.2, 0.25) is 0 Å². The number of rotatable bonds is 2. The molecule has 0 aliphatic heterocycles. The fraction of sp³-hybridized carbons (Fsp3) is 0.538. The van der Waals surface area contributed by atoms with Gasteiger partial charge in [0.25, 0.3) is 0 Å². The van der Waals surface area contributed by atoms with Crippen molar-refractivity contribution in [3.8, 4) is 6.07 Å². The van der Waals surface area contributed by atoms with Crippen molar-refractivity contribution in [2.45, 2.75) is 39.0 Å². The minimum atomic E-state index is 0.593. The molecule has 0 fully saturated rings. The van der Waals surface area contributed by atoms with Crippen molar-refractivity contribution in [1.82, 2.24) is 4.98 Å². The molecule has 0 bridgehead atoms. The van der Waals surface area contributed by atoms with Gasteiger partial charge in [0, 0.05) is 5.69 Å². The molecule has 0 spiro atoms. The molecular weight excluding hydrogens is 216 g/mol. The first kappa shape index (κ1) is 11.3. The Morgan fingerprint density at radius 3 is 3.12 bits per heavy atom. The van der Waals surface area contributed by atoms with Crippen molar-refractivity contribution >= 4 is 12.2 Å². The van der Waals surface area contributed by atoms with E-state index < -0.39 is 0 Å². The number of nitrogens with zero attached hydrogens (tertiary/aromatic N) is 1. The number of aromatic nitrogens is 1. The number of aromatic amines is 1. The summed E-state index contributed by atoms with van der Waals surface area (Å²) in [6, 6.07) is 4.14. The Morgan fingerprint density at radius 2 is 2.44 bits per heavy atom. The van der Waals surface area contributed by atoms with E-state index >= 15 is 0 Å². The van der Waals surface area contributed by atoms with Crippen molar-refractivity contribution in [1.29, 1.82) is 5.26 Å². The van der Waals surface area contributed by atoms with Crippen LogP contribution < -0.4 is 0 Å². The summed E-state index contributed by atoms with van der Waals surface area (Å²) in [7, 11) is 0. The maximum Gasteiger partial charge on any atom is 0.121 e. The summed E-state index contributed by atoms with van der Waals surface area (Å²) in [4.78, 5) is 3.20. The van der Waals surface area contributed by atoms with Gasteiger partial charge in [0.15, 0.2) is 0 Å². The van der Waals surface area contributed by atoms with Crippen LogP contribution in [0.4, 0.5) is 0 Å². The van der Waals surface area contributed by atoms with E-state index in [0.717, 1.165) is 18.8 Å². The van der Waals surface area contributed by atoms with Gasteiger partial charge in [-0.1, -0.05) is 32.0 Å². The molecule has 1 aromatic rings. The predicted molar refractivity (Wildman–Crippen MR) is 66.8 cm³/mol. The smallest absolute Gasteiger partial charge is 0.121 e. The van der Waals surface area contributed by atoms with Gasteiger partial charge in [-0.3, -0.25) is 0 Å². The molecule has 1 unspecified atom stereocenters. The molecule has 0 radical (unpaired) electrons. The second-order valence-electron chi connectivity index (χ2n) is 4.53. The number of aryl methyl sites for hydroxylation is 1. The third-order valence-corrected chi connectivity index (χ3v) is 3.67. The Balaban J connectivity index is 2.31. The van der Waals surface area contributed by atoms with Crippen LogP contribution in [0.25, 0.3) is 0 Å². The Bertz CT molecular complexity index is 482. The molecular formula is C13H16N2S. The number of nitrogens with one attached hydrogen (secondary N) is 1. The van der Waals surface area contributed by atoms with Crippen molar-refractivity contribution in [3.05, 3.63) is 27.5 Å². The lowest BCUT2D eigenvalue weighted by Gasteiger charge is -2.24. The highest BCUT2D eigenvalue weighted by Crippen LogP contribution is 2.27. The molecule has 1 N–H and O–H groups in total. The fourth-order valence-corrected chi connectivity index (χ4v) is 2.74. The Morgan fingerprint density at radius 1 is 1.62 bits per heavy atom. The number of hydrogen-bond acceptors (Lipinski definition) is 2. The van der Waals surface area contributed by atoms with E-state index in [1.54, 1.807) is 0 Å². The number of hydrogen-bond donors (Lipinski definition) is 1. The average molecular weight is 232 g/mol. The van der Waals surface area contributed by atoms with Crippen molar-refractivity contribution in [2.75, 3.05) is 0 Å². The van der Waals surface area contributed by atoms with Gasteiger partial charge in [-0.2, -0.15) is 5.26 Å². The standard InChI is InChI=1S/C13H16N2S/c1-2-3-9-4-5-12-10(6-9)7-11(8-14)13(16)15-12/h7,9H,2-6H2,1H3,(H,15,16). The monoisotopic (exact) mass is 232 g/mol. The summed E-state index contributed by atoms with van der Waals surface area (Å²) in [5.41, 5.74) is 3.16. The van der Waals surface area contributed by atoms with E-state index in [4.69, 9.17) is 17.5 Å². The first-order valence-electron chi connectivity index (χ1n) is 5.89. The van der Waals surface area contributed by atoms with Crippen molar-refractivity contribution < 1.29 is 0 Å². The molecule has 16 heavy (non-hydrogen) atoms. The maximum absolute atomic E-state index is 8.95. The van der Waals surface area contributed by atoms with Gasteiger partial charge in [0.1, 0.15) is 10.7 Å². The van der Waals surface area contributed by atoms with E-state index in [1.165, 1.54) is 30.5 Å². The topological polar surface area (TPSA) is 39.6 Å². The minimum Gasteiger partial charge on any atom is -0.349 e. The van der Waals surface area contributed by atoms with Crippen LogP contribution in [-0.4, -0.2) is 4.98 Å². The first-order chi connectivity index (χ1) is 7.74. The lowest BCUT2D eigenvalue weighted by molar-refractivity contribution is 0.418. The highest BCUT2D eigenvalue weighted by molar-refractivity contribution is 7.71. The van der Waals surface area contributed by atoms with Crippen LogP contribution in [0.1, 0.15) is 43.0 Å². The summed E-state index contributed by atoms with van der Waals surface area (Å²) < 4.78 is 0.593. The number of pyridine rings is 1. The number of nitriles is 1. The van der Waals surface area contributed by atoms with Gasteiger partial charge in [-0.05, 0) is 36.8 Å². The van der Waals surface area contributed by atoms with Crippen LogP contribution >= 0.6 is 12.2 Å². The zero-order chi connectivity index (χ0) is 11.5. The van der Waals surface area contributed by atoms with E-state index in [-0.39, 0.29) is 0 Å². The van der Waals surface area contributed by atoms with Crippen LogP contribution in [0.3, 0.4) is 0 Å². The molecule has 0 saturated carbocycles. The molecule has 1 aromatic heterocycles. The van der Waals surface area contributed by atoms with Gasteiger partial charge in [-0.15, -0.1) is 0 Å². The molecule has 0 saturated heterocycles. The average Bonchev–Trinajstić information content (AvgIpc) is 2.29. The molecule has 3 heteroatoms. The molecule has 0 aromatic carbocycles. The SMILES string of the molecule is CCCC1CCc2[nH]c(=S)c(C#N)cc2C1. The van der Waals surface area contributed by atoms with E-state index in [0.29, 0.717) is 10.2 Å². The lowest BCUT2D eigenvalue weighted by Crippen LogP contribution is -2.16. The first-order valence-corrected chi connectivity index (χ1v) is 6.30. The van der Waals surface area contributed by atoms with Gasteiger partial charge >= 0.3 is 0 Å². The summed E-state index contributed by atoms with van der Waals surface area (Å²) in [5.74, 6) is 0.786. The predicted octanol–water partition coefficient (Wildman–Crippen LogP) is 3.52. The third kappa shape index (κ3) is 2.17. The summed E-state index contributed by atoms with van der Waals surface area (Å²) >= 11 is 5.14. The lowest BCUT2D eigenvalue weighted by atomic mass is 9.84. The Hall–Kier alpha value is -1.14. The summed E-state index contributed by atoms with van der Waals surface area (Å²) in [5, 5.41) is 8.95. The third-order valence-electron chi connectivity index (χ3n) is 3.34. The van der Waals surface area contributed by atoms with Crippen LogP contribution in [0.5, 0.6) is 0 Å². The van der Waals surface area contributed by atoms with Gasteiger partial charge < -0.3 is 4.98 Å². The highest BCUT2D eigenvalue weighted by atomic mass is 32.1. The normalized spacial score (nSPS) is 18.9. The summed E-state index contributed by atoms with van der Waals surface area (Å²) in [6.07, 6.45) is 5.96. The highest BCUT2D eigenvalue weighted by Gasteiger charge is 2.19. The van der Waals surface area contributed by atoms with E-state index in [9.17, 15) is 0 Å². The zero-order valence-corrected chi connectivity index (χ0v) is 10.4. The molecule has 2 nitrogen and oxygen atoms in total. The van der Waals surface area contributed by atoms with E-state index in [1.807, 2.05) is 6.07 Å². The second kappa shape index (κ2) is 4.80. The largest absolute Gasteiger partial charge is 0.349 e. The Kier molecular flexibility index (Phi) is 3.40. The second-order valence-corrected chi connectivity index (χ2v) is 4.93.